The highest BCUT2D eigenvalue weighted by molar-refractivity contribution is 8.01. The number of thiazole rings is 1. The van der Waals surface area contributed by atoms with Crippen LogP contribution in [-0.4, -0.2) is 23.2 Å². The summed E-state index contributed by atoms with van der Waals surface area (Å²) in [5.74, 6) is 0.472. The molecule has 3 N–H and O–H groups in total. The molecule has 0 fully saturated rings. The normalized spacial score (nSPS) is 10.1. The van der Waals surface area contributed by atoms with E-state index in [2.05, 4.69) is 10.3 Å². The van der Waals surface area contributed by atoms with Gasteiger partial charge in [-0.3, -0.25) is 4.79 Å². The van der Waals surface area contributed by atoms with Gasteiger partial charge in [-0.15, -0.1) is 11.8 Å². The van der Waals surface area contributed by atoms with E-state index in [4.69, 9.17) is 5.73 Å². The highest BCUT2D eigenvalue weighted by atomic mass is 32.2. The Morgan fingerprint density at radius 2 is 2.43 bits per heavy atom. The summed E-state index contributed by atoms with van der Waals surface area (Å²) >= 11 is 2.90. The summed E-state index contributed by atoms with van der Waals surface area (Å²) < 4.78 is 1.02. The molecular weight excluding hydrogens is 218 g/mol. The zero-order chi connectivity index (χ0) is 10.6. The lowest BCUT2D eigenvalue weighted by Crippen LogP contribution is -2.24. The van der Waals surface area contributed by atoms with Crippen molar-refractivity contribution in [2.75, 3.05) is 18.0 Å². The molecule has 1 aromatic rings. The van der Waals surface area contributed by atoms with Gasteiger partial charge in [0.15, 0.2) is 5.13 Å². The van der Waals surface area contributed by atoms with E-state index in [1.807, 2.05) is 13.8 Å². The molecule has 0 saturated carbocycles. The van der Waals surface area contributed by atoms with Crippen LogP contribution in [0, 0.1) is 6.92 Å². The second-order valence-electron chi connectivity index (χ2n) is 2.67. The van der Waals surface area contributed by atoms with E-state index in [0.29, 0.717) is 17.4 Å². The van der Waals surface area contributed by atoms with Crippen molar-refractivity contribution >= 4 is 34.1 Å². The minimum Gasteiger partial charge on any atom is -0.375 e. The van der Waals surface area contributed by atoms with Crippen LogP contribution >= 0.6 is 23.1 Å². The number of aromatic nitrogens is 1. The van der Waals surface area contributed by atoms with Crippen molar-refractivity contribution in [3.8, 4) is 0 Å². The fraction of sp³-hybridized carbons (Fsp3) is 0.500. The first kappa shape index (κ1) is 11.3. The summed E-state index contributed by atoms with van der Waals surface area (Å²) in [6, 6.07) is 0. The van der Waals surface area contributed by atoms with Gasteiger partial charge in [-0.2, -0.15) is 0 Å². The number of amides is 1. The highest BCUT2D eigenvalue weighted by Crippen LogP contribution is 2.29. The van der Waals surface area contributed by atoms with Gasteiger partial charge in [0.2, 0.25) is 5.91 Å². The van der Waals surface area contributed by atoms with E-state index < -0.39 is 0 Å². The van der Waals surface area contributed by atoms with E-state index in [1.54, 1.807) is 0 Å². The van der Waals surface area contributed by atoms with Crippen molar-refractivity contribution < 1.29 is 4.79 Å². The van der Waals surface area contributed by atoms with E-state index in [0.717, 1.165) is 9.90 Å². The van der Waals surface area contributed by atoms with Crippen LogP contribution in [0.1, 0.15) is 12.6 Å². The number of hydrogen-bond acceptors (Lipinski definition) is 5. The Bertz CT molecular complexity index is 324. The molecule has 1 amide bonds. The number of aryl methyl sites for hydroxylation is 1. The molecule has 1 aromatic heterocycles. The predicted molar refractivity (Wildman–Crippen MR) is 60.7 cm³/mol. The maximum Gasteiger partial charge on any atom is 0.230 e. The molecule has 0 aliphatic heterocycles. The van der Waals surface area contributed by atoms with Gasteiger partial charge in [0, 0.05) is 6.54 Å². The topological polar surface area (TPSA) is 68.0 Å². The van der Waals surface area contributed by atoms with Gasteiger partial charge in [-0.1, -0.05) is 11.3 Å². The number of thioether (sulfide) groups is 1. The van der Waals surface area contributed by atoms with Gasteiger partial charge in [-0.25, -0.2) is 4.98 Å². The van der Waals surface area contributed by atoms with Crippen LogP contribution in [0.5, 0.6) is 0 Å². The molecular formula is C8H13N3OS2. The molecule has 0 aliphatic carbocycles. The van der Waals surface area contributed by atoms with Gasteiger partial charge >= 0.3 is 0 Å². The molecule has 1 heterocycles. The summed E-state index contributed by atoms with van der Waals surface area (Å²) in [6.07, 6.45) is 0. The number of rotatable bonds is 4. The zero-order valence-electron chi connectivity index (χ0n) is 8.16. The summed E-state index contributed by atoms with van der Waals surface area (Å²) in [5, 5.41) is 3.29. The minimum atomic E-state index is 0.0453. The predicted octanol–water partition coefficient (Wildman–Crippen LogP) is 1.26. The molecule has 78 valence electrons. The van der Waals surface area contributed by atoms with Crippen molar-refractivity contribution in [1.29, 1.82) is 0 Å². The maximum atomic E-state index is 11.2. The van der Waals surface area contributed by atoms with Crippen LogP contribution in [0.15, 0.2) is 4.21 Å². The number of nitrogens with two attached hydrogens (primary N) is 1. The lowest BCUT2D eigenvalue weighted by Gasteiger charge is -2.00. The molecule has 0 unspecified atom stereocenters. The van der Waals surface area contributed by atoms with E-state index in [-0.39, 0.29) is 5.91 Å². The van der Waals surface area contributed by atoms with Crippen LogP contribution in [0.4, 0.5) is 5.13 Å². The highest BCUT2D eigenvalue weighted by Gasteiger charge is 2.08. The van der Waals surface area contributed by atoms with Gasteiger partial charge in [0.25, 0.3) is 0 Å². The molecule has 0 aromatic carbocycles. The second-order valence-corrected chi connectivity index (χ2v) is 4.94. The lowest BCUT2D eigenvalue weighted by molar-refractivity contribution is -0.118. The zero-order valence-corrected chi connectivity index (χ0v) is 9.80. The Balaban J connectivity index is 2.45. The first-order valence-electron chi connectivity index (χ1n) is 4.26. The molecule has 0 aliphatic rings. The lowest BCUT2D eigenvalue weighted by atomic mass is 10.6. The number of carbonyl (C=O) groups excluding carboxylic acids is 1. The second kappa shape index (κ2) is 5.21. The van der Waals surface area contributed by atoms with Crippen LogP contribution < -0.4 is 11.1 Å². The summed E-state index contributed by atoms with van der Waals surface area (Å²) in [5.41, 5.74) is 6.44. The molecule has 14 heavy (non-hydrogen) atoms. The fourth-order valence-corrected chi connectivity index (χ4v) is 2.77. The Kier molecular flexibility index (Phi) is 4.21. The number of anilines is 1. The van der Waals surface area contributed by atoms with E-state index in [9.17, 15) is 4.79 Å². The molecule has 0 atom stereocenters. The Morgan fingerprint density at radius 3 is 2.93 bits per heavy atom. The SMILES string of the molecule is CCNC(=O)CSc1sc(N)nc1C. The first-order chi connectivity index (χ1) is 6.63. The van der Waals surface area contributed by atoms with Crippen molar-refractivity contribution in [1.82, 2.24) is 10.3 Å². The first-order valence-corrected chi connectivity index (χ1v) is 6.06. The average molecular weight is 231 g/mol. The van der Waals surface area contributed by atoms with E-state index in [1.165, 1.54) is 23.1 Å². The van der Waals surface area contributed by atoms with Crippen molar-refractivity contribution in [2.45, 2.75) is 18.1 Å². The third-order valence-corrected chi connectivity index (χ3v) is 3.83. The smallest absolute Gasteiger partial charge is 0.230 e. The number of hydrogen-bond donors (Lipinski definition) is 2. The average Bonchev–Trinajstić information content (AvgIpc) is 2.42. The quantitative estimate of drug-likeness (QED) is 0.766. The molecule has 1 rings (SSSR count). The third kappa shape index (κ3) is 3.19. The summed E-state index contributed by atoms with van der Waals surface area (Å²) in [6.45, 7) is 4.47. The van der Waals surface area contributed by atoms with Crippen LogP contribution in [0.3, 0.4) is 0 Å². The fourth-order valence-electron chi connectivity index (χ4n) is 0.916. The standard InChI is InChI=1S/C8H13N3OS2/c1-3-10-6(12)4-13-7-5(2)11-8(9)14-7/h3-4H2,1-2H3,(H2,9,11)(H,10,12). The molecule has 0 bridgehead atoms. The van der Waals surface area contributed by atoms with Gasteiger partial charge in [0.05, 0.1) is 15.7 Å². The number of nitrogens with one attached hydrogen (secondary N) is 1. The molecule has 0 spiro atoms. The molecule has 4 nitrogen and oxygen atoms in total. The largest absolute Gasteiger partial charge is 0.375 e. The van der Waals surface area contributed by atoms with Gasteiger partial charge in [0.1, 0.15) is 0 Å². The van der Waals surface area contributed by atoms with Crippen LogP contribution in [-0.2, 0) is 4.79 Å². The van der Waals surface area contributed by atoms with Crippen molar-refractivity contribution in [2.24, 2.45) is 0 Å². The molecule has 6 heteroatoms. The monoisotopic (exact) mass is 231 g/mol. The van der Waals surface area contributed by atoms with Crippen LogP contribution in [0.25, 0.3) is 0 Å². The number of nitrogen functional groups attached to an aromatic ring is 1. The Hall–Kier alpha value is -0.750. The van der Waals surface area contributed by atoms with Crippen LogP contribution in [0.2, 0.25) is 0 Å². The maximum absolute atomic E-state index is 11.2. The Morgan fingerprint density at radius 1 is 1.71 bits per heavy atom. The third-order valence-electron chi connectivity index (χ3n) is 1.48. The molecule has 0 radical (unpaired) electrons. The molecule has 0 saturated heterocycles. The number of carbonyl (C=O) groups is 1. The van der Waals surface area contributed by atoms with E-state index >= 15 is 0 Å². The van der Waals surface area contributed by atoms with Gasteiger partial charge in [-0.05, 0) is 13.8 Å². The summed E-state index contributed by atoms with van der Waals surface area (Å²) in [7, 11) is 0. The van der Waals surface area contributed by atoms with Gasteiger partial charge < -0.3 is 11.1 Å². The number of nitrogens with zero attached hydrogens (tertiary/aromatic N) is 1. The minimum absolute atomic E-state index is 0.0453. The van der Waals surface area contributed by atoms with Crippen molar-refractivity contribution in [3.63, 3.8) is 0 Å². The Labute approximate surface area is 91.3 Å². The summed E-state index contributed by atoms with van der Waals surface area (Å²) in [4.78, 5) is 15.2. The van der Waals surface area contributed by atoms with Crippen molar-refractivity contribution in [3.05, 3.63) is 5.69 Å².